The number of hydrogen-bond donors (Lipinski definition) is 2. The molecule has 0 heterocycles. The summed E-state index contributed by atoms with van der Waals surface area (Å²) in [5.41, 5.74) is -0.675. The van der Waals surface area contributed by atoms with Gasteiger partial charge in [-0.1, -0.05) is 13.8 Å². The van der Waals surface area contributed by atoms with Crippen LogP contribution < -0.4 is 9.46 Å². The van der Waals surface area contributed by atoms with E-state index in [1.807, 2.05) is 0 Å². The molecule has 0 bridgehead atoms. The van der Waals surface area contributed by atoms with Crippen LogP contribution in [0.15, 0.2) is 29.2 Å². The minimum absolute atomic E-state index is 0.165. The zero-order valence-corrected chi connectivity index (χ0v) is 13.3. The van der Waals surface area contributed by atoms with E-state index in [-0.39, 0.29) is 11.5 Å². The summed E-state index contributed by atoms with van der Waals surface area (Å²) in [5.74, 6) is 1.07. The van der Waals surface area contributed by atoms with Crippen LogP contribution in [0.2, 0.25) is 0 Å². The van der Waals surface area contributed by atoms with Gasteiger partial charge in [-0.25, -0.2) is 13.1 Å². The lowest BCUT2D eigenvalue weighted by atomic mass is 9.78. The second kappa shape index (κ2) is 6.34. The van der Waals surface area contributed by atoms with Gasteiger partial charge in [0.1, 0.15) is 5.75 Å². The molecule has 0 amide bonds. The summed E-state index contributed by atoms with van der Waals surface area (Å²) < 4.78 is 32.8. The smallest absolute Gasteiger partial charge is 0.241 e. The highest BCUT2D eigenvalue weighted by Gasteiger charge is 2.40. The van der Waals surface area contributed by atoms with Gasteiger partial charge in [-0.05, 0) is 49.4 Å². The monoisotopic (exact) mass is 313 g/mol. The molecule has 118 valence electrons. The molecule has 0 spiro atoms. The van der Waals surface area contributed by atoms with Gasteiger partial charge in [-0.15, -0.1) is 0 Å². The van der Waals surface area contributed by atoms with Crippen molar-refractivity contribution in [2.24, 2.45) is 5.92 Å². The van der Waals surface area contributed by atoms with E-state index in [2.05, 4.69) is 18.6 Å². The van der Waals surface area contributed by atoms with E-state index in [4.69, 9.17) is 4.74 Å². The first-order chi connectivity index (χ1) is 9.87. The summed E-state index contributed by atoms with van der Waals surface area (Å²) in [7, 11) is -3.60. The molecule has 2 N–H and O–H groups in total. The lowest BCUT2D eigenvalue weighted by molar-refractivity contribution is 0.110. The first-order valence-corrected chi connectivity index (χ1v) is 8.73. The number of ether oxygens (including phenoxy) is 1. The fourth-order valence-electron chi connectivity index (χ4n) is 2.22. The maximum Gasteiger partial charge on any atom is 0.241 e. The molecular weight excluding hydrogens is 290 g/mol. The van der Waals surface area contributed by atoms with Crippen LogP contribution in [-0.4, -0.2) is 32.3 Å². The molecule has 0 aromatic heterocycles. The molecule has 0 saturated heterocycles. The standard InChI is InChI=1S/C15H23NO4S/c1-12(2)10-20-13-4-6-14(7-5-13)21(18,19)16-15(11-17)8-3-9-15/h4-7,12,16-17H,3,8-11H2,1-2H3. The van der Waals surface area contributed by atoms with Gasteiger partial charge >= 0.3 is 0 Å². The fourth-order valence-corrected chi connectivity index (χ4v) is 3.67. The van der Waals surface area contributed by atoms with Crippen molar-refractivity contribution in [3.8, 4) is 5.75 Å². The Morgan fingerprint density at radius 1 is 1.29 bits per heavy atom. The number of aliphatic hydroxyl groups excluding tert-OH is 1. The van der Waals surface area contributed by atoms with Crippen LogP contribution in [-0.2, 0) is 10.0 Å². The Morgan fingerprint density at radius 3 is 2.33 bits per heavy atom. The van der Waals surface area contributed by atoms with E-state index in [1.165, 1.54) is 12.1 Å². The third-order valence-corrected chi connectivity index (χ3v) is 5.28. The summed E-state index contributed by atoms with van der Waals surface area (Å²) in [4.78, 5) is 0.194. The molecular formula is C15H23NO4S. The molecule has 1 aromatic rings. The first-order valence-electron chi connectivity index (χ1n) is 7.25. The van der Waals surface area contributed by atoms with E-state index < -0.39 is 15.6 Å². The SMILES string of the molecule is CC(C)COc1ccc(S(=O)(=O)NC2(CO)CCC2)cc1. The summed E-state index contributed by atoms with van der Waals surface area (Å²) in [5, 5.41) is 9.37. The maximum absolute atomic E-state index is 12.3. The summed E-state index contributed by atoms with van der Waals surface area (Å²) in [6, 6.07) is 6.37. The average molecular weight is 313 g/mol. The van der Waals surface area contributed by atoms with Gasteiger partial charge < -0.3 is 9.84 Å². The molecule has 1 aliphatic carbocycles. The Kier molecular flexibility index (Phi) is 4.91. The Labute approximate surface area is 126 Å². The summed E-state index contributed by atoms with van der Waals surface area (Å²) in [6.07, 6.45) is 2.29. The van der Waals surface area contributed by atoms with Crippen molar-refractivity contribution >= 4 is 10.0 Å². The first kappa shape index (κ1) is 16.3. The second-order valence-electron chi connectivity index (χ2n) is 6.07. The van der Waals surface area contributed by atoms with Crippen LogP contribution in [0, 0.1) is 5.92 Å². The van der Waals surface area contributed by atoms with Gasteiger partial charge in [-0.2, -0.15) is 0 Å². The Hall–Kier alpha value is -1.11. The van der Waals surface area contributed by atoms with Crippen LogP contribution in [0.25, 0.3) is 0 Å². The number of sulfonamides is 1. The highest BCUT2D eigenvalue weighted by Crippen LogP contribution is 2.33. The molecule has 0 unspecified atom stereocenters. The van der Waals surface area contributed by atoms with Crippen molar-refractivity contribution in [3.63, 3.8) is 0 Å². The molecule has 5 nitrogen and oxygen atoms in total. The van der Waals surface area contributed by atoms with Crippen molar-refractivity contribution in [1.82, 2.24) is 4.72 Å². The Morgan fingerprint density at radius 2 is 1.90 bits per heavy atom. The second-order valence-corrected chi connectivity index (χ2v) is 7.76. The molecule has 0 aliphatic heterocycles. The van der Waals surface area contributed by atoms with Gasteiger partial charge in [0.2, 0.25) is 10.0 Å². The summed E-state index contributed by atoms with van der Waals surface area (Å²) >= 11 is 0. The van der Waals surface area contributed by atoms with E-state index in [0.29, 0.717) is 31.1 Å². The van der Waals surface area contributed by atoms with E-state index in [9.17, 15) is 13.5 Å². The van der Waals surface area contributed by atoms with Crippen LogP contribution in [0.3, 0.4) is 0 Å². The van der Waals surface area contributed by atoms with Gasteiger partial charge in [0, 0.05) is 0 Å². The number of hydrogen-bond acceptors (Lipinski definition) is 4. The molecule has 21 heavy (non-hydrogen) atoms. The quantitative estimate of drug-likeness (QED) is 0.806. The Bertz CT molecular complexity index is 556. The largest absolute Gasteiger partial charge is 0.493 e. The molecule has 1 saturated carbocycles. The number of aliphatic hydroxyl groups is 1. The van der Waals surface area contributed by atoms with E-state index >= 15 is 0 Å². The topological polar surface area (TPSA) is 75.6 Å². The summed E-state index contributed by atoms with van der Waals surface area (Å²) in [6.45, 7) is 4.53. The third-order valence-electron chi connectivity index (χ3n) is 3.68. The van der Waals surface area contributed by atoms with Crippen LogP contribution in [0.5, 0.6) is 5.75 Å². The van der Waals surface area contributed by atoms with E-state index in [0.717, 1.165) is 6.42 Å². The maximum atomic E-state index is 12.3. The highest BCUT2D eigenvalue weighted by molar-refractivity contribution is 7.89. The van der Waals surface area contributed by atoms with Crippen LogP contribution in [0.1, 0.15) is 33.1 Å². The van der Waals surface area contributed by atoms with Crippen LogP contribution >= 0.6 is 0 Å². The predicted molar refractivity (Wildman–Crippen MR) is 80.8 cm³/mol. The zero-order valence-electron chi connectivity index (χ0n) is 12.5. The van der Waals surface area contributed by atoms with Gasteiger partial charge in [-0.3, -0.25) is 0 Å². The zero-order chi connectivity index (χ0) is 15.5. The third kappa shape index (κ3) is 3.96. The fraction of sp³-hybridized carbons (Fsp3) is 0.600. The molecule has 1 fully saturated rings. The lowest BCUT2D eigenvalue weighted by Gasteiger charge is -2.40. The van der Waals surface area contributed by atoms with Crippen LogP contribution in [0.4, 0.5) is 0 Å². The van der Waals surface area contributed by atoms with Crippen molar-refractivity contribution in [1.29, 1.82) is 0 Å². The van der Waals surface area contributed by atoms with Gasteiger partial charge in [0.15, 0.2) is 0 Å². The molecule has 0 radical (unpaired) electrons. The van der Waals surface area contributed by atoms with Crippen molar-refractivity contribution in [3.05, 3.63) is 24.3 Å². The molecule has 0 atom stereocenters. The number of rotatable bonds is 7. The minimum atomic E-state index is -3.60. The minimum Gasteiger partial charge on any atom is -0.493 e. The highest BCUT2D eigenvalue weighted by atomic mass is 32.2. The number of nitrogens with one attached hydrogen (secondary N) is 1. The van der Waals surface area contributed by atoms with Crippen molar-refractivity contribution in [2.75, 3.05) is 13.2 Å². The van der Waals surface area contributed by atoms with Crippen molar-refractivity contribution in [2.45, 2.75) is 43.5 Å². The predicted octanol–water partition coefficient (Wildman–Crippen LogP) is 1.91. The van der Waals surface area contributed by atoms with E-state index in [1.54, 1.807) is 12.1 Å². The molecule has 1 aromatic carbocycles. The molecule has 6 heteroatoms. The normalized spacial score (nSPS) is 17.5. The molecule has 2 rings (SSSR count). The number of benzene rings is 1. The van der Waals surface area contributed by atoms with Crippen molar-refractivity contribution < 1.29 is 18.3 Å². The Balaban J connectivity index is 2.06. The molecule has 1 aliphatic rings. The average Bonchev–Trinajstić information content (AvgIpc) is 2.41. The van der Waals surface area contributed by atoms with Gasteiger partial charge in [0.25, 0.3) is 0 Å². The lowest BCUT2D eigenvalue weighted by Crippen LogP contribution is -2.55. The van der Waals surface area contributed by atoms with Gasteiger partial charge in [0.05, 0.1) is 23.6 Å².